The molecule has 3 nitrogen and oxygen atoms in total. The SMILES string of the molecule is CC1NCCNCCN(Cl)C1(C)C. The molecule has 0 bridgehead atoms. The Morgan fingerprint density at radius 3 is 2.69 bits per heavy atom. The lowest BCUT2D eigenvalue weighted by Crippen LogP contribution is -2.53. The van der Waals surface area contributed by atoms with E-state index in [1.807, 2.05) is 4.42 Å². The summed E-state index contributed by atoms with van der Waals surface area (Å²) in [5.74, 6) is 0. The van der Waals surface area contributed by atoms with Gasteiger partial charge in [-0.1, -0.05) is 0 Å². The number of halogens is 1. The third kappa shape index (κ3) is 2.81. The topological polar surface area (TPSA) is 27.3 Å². The fourth-order valence-electron chi connectivity index (χ4n) is 1.43. The van der Waals surface area contributed by atoms with Crippen molar-refractivity contribution in [1.82, 2.24) is 15.1 Å². The highest BCUT2D eigenvalue weighted by Gasteiger charge is 2.31. The van der Waals surface area contributed by atoms with Gasteiger partial charge in [0.15, 0.2) is 0 Å². The summed E-state index contributed by atoms with van der Waals surface area (Å²) < 4.78 is 1.89. The number of nitrogens with zero attached hydrogens (tertiary/aromatic N) is 1. The van der Waals surface area contributed by atoms with Gasteiger partial charge in [0.25, 0.3) is 0 Å². The average Bonchev–Trinajstić information content (AvgIpc) is 2.12. The highest BCUT2D eigenvalue weighted by Crippen LogP contribution is 2.21. The van der Waals surface area contributed by atoms with Crippen molar-refractivity contribution < 1.29 is 0 Å². The van der Waals surface area contributed by atoms with E-state index in [0.29, 0.717) is 6.04 Å². The van der Waals surface area contributed by atoms with Crippen LogP contribution in [0, 0.1) is 0 Å². The summed E-state index contributed by atoms with van der Waals surface area (Å²) in [7, 11) is 0. The highest BCUT2D eigenvalue weighted by atomic mass is 35.5. The van der Waals surface area contributed by atoms with E-state index in [-0.39, 0.29) is 5.54 Å². The van der Waals surface area contributed by atoms with Crippen molar-refractivity contribution in [2.75, 3.05) is 26.2 Å². The summed E-state index contributed by atoms with van der Waals surface area (Å²) in [6.45, 7) is 10.4. The van der Waals surface area contributed by atoms with E-state index in [4.69, 9.17) is 11.8 Å². The zero-order chi connectivity index (χ0) is 9.90. The third-order valence-corrected chi connectivity index (χ3v) is 3.53. The van der Waals surface area contributed by atoms with Gasteiger partial charge in [-0.2, -0.15) is 0 Å². The van der Waals surface area contributed by atoms with Gasteiger partial charge in [0.2, 0.25) is 0 Å². The maximum atomic E-state index is 6.21. The fraction of sp³-hybridized carbons (Fsp3) is 1.00. The van der Waals surface area contributed by atoms with Crippen molar-refractivity contribution in [1.29, 1.82) is 0 Å². The van der Waals surface area contributed by atoms with Gasteiger partial charge in [-0.3, -0.25) is 0 Å². The second-order valence-electron chi connectivity index (χ2n) is 4.17. The quantitative estimate of drug-likeness (QED) is 0.573. The summed E-state index contributed by atoms with van der Waals surface area (Å²) in [4.78, 5) is 0. The van der Waals surface area contributed by atoms with E-state index >= 15 is 0 Å². The van der Waals surface area contributed by atoms with Crippen molar-refractivity contribution in [3.8, 4) is 0 Å². The molecule has 1 rings (SSSR count). The van der Waals surface area contributed by atoms with E-state index in [0.717, 1.165) is 26.2 Å². The van der Waals surface area contributed by atoms with Crippen LogP contribution < -0.4 is 10.6 Å². The molecule has 2 N–H and O–H groups in total. The molecule has 0 aromatic heterocycles. The van der Waals surface area contributed by atoms with Gasteiger partial charge in [0, 0.05) is 37.8 Å². The Hall–Kier alpha value is 0.170. The van der Waals surface area contributed by atoms with Gasteiger partial charge in [0.1, 0.15) is 0 Å². The van der Waals surface area contributed by atoms with Gasteiger partial charge in [-0.15, -0.1) is 0 Å². The predicted octanol–water partition coefficient (Wildman–Crippen LogP) is 0.802. The van der Waals surface area contributed by atoms with Crippen LogP contribution in [0.4, 0.5) is 0 Å². The molecule has 0 aromatic rings. The van der Waals surface area contributed by atoms with E-state index in [9.17, 15) is 0 Å². The first-order valence-electron chi connectivity index (χ1n) is 4.92. The smallest absolute Gasteiger partial charge is 0.0456 e. The number of hydrogen-bond donors (Lipinski definition) is 2. The maximum Gasteiger partial charge on any atom is 0.0456 e. The number of rotatable bonds is 0. The molecule has 13 heavy (non-hydrogen) atoms. The number of nitrogens with one attached hydrogen (secondary N) is 2. The molecule has 1 heterocycles. The van der Waals surface area contributed by atoms with E-state index in [1.54, 1.807) is 0 Å². The molecule has 0 radical (unpaired) electrons. The second kappa shape index (κ2) is 4.60. The van der Waals surface area contributed by atoms with E-state index < -0.39 is 0 Å². The molecular formula is C9H20ClN3. The summed E-state index contributed by atoms with van der Waals surface area (Å²) in [5, 5.41) is 6.78. The van der Waals surface area contributed by atoms with Gasteiger partial charge in [0.05, 0.1) is 0 Å². The van der Waals surface area contributed by atoms with Gasteiger partial charge in [-0.25, -0.2) is 4.42 Å². The molecule has 1 fully saturated rings. The van der Waals surface area contributed by atoms with Crippen LogP contribution in [0.1, 0.15) is 20.8 Å². The monoisotopic (exact) mass is 205 g/mol. The van der Waals surface area contributed by atoms with Gasteiger partial charge < -0.3 is 10.6 Å². The zero-order valence-corrected chi connectivity index (χ0v) is 9.49. The van der Waals surface area contributed by atoms with Gasteiger partial charge in [-0.05, 0) is 32.5 Å². The van der Waals surface area contributed by atoms with Crippen LogP contribution in [0.25, 0.3) is 0 Å². The predicted molar refractivity (Wildman–Crippen MR) is 57.0 cm³/mol. The lowest BCUT2D eigenvalue weighted by atomic mass is 9.96. The normalized spacial score (nSPS) is 31.8. The van der Waals surface area contributed by atoms with Crippen LogP contribution in [0.5, 0.6) is 0 Å². The van der Waals surface area contributed by atoms with Crippen molar-refractivity contribution in [2.45, 2.75) is 32.4 Å². The Kier molecular flexibility index (Phi) is 3.98. The Morgan fingerprint density at radius 2 is 2.00 bits per heavy atom. The van der Waals surface area contributed by atoms with Crippen LogP contribution in [-0.2, 0) is 0 Å². The first kappa shape index (κ1) is 11.2. The first-order valence-corrected chi connectivity index (χ1v) is 5.26. The Morgan fingerprint density at radius 1 is 1.31 bits per heavy atom. The van der Waals surface area contributed by atoms with Gasteiger partial charge >= 0.3 is 0 Å². The van der Waals surface area contributed by atoms with Crippen molar-refractivity contribution in [3.63, 3.8) is 0 Å². The van der Waals surface area contributed by atoms with Crippen LogP contribution in [0.3, 0.4) is 0 Å². The average molecular weight is 206 g/mol. The van der Waals surface area contributed by atoms with E-state index in [2.05, 4.69) is 31.4 Å². The van der Waals surface area contributed by atoms with Crippen molar-refractivity contribution in [3.05, 3.63) is 0 Å². The standard InChI is InChI=1S/C9H20ClN3/c1-8-9(2,3)13(10)7-6-11-4-5-12-8/h8,11-12H,4-7H2,1-3H3. The summed E-state index contributed by atoms with van der Waals surface area (Å²) >= 11 is 6.21. The lowest BCUT2D eigenvalue weighted by Gasteiger charge is -2.38. The minimum absolute atomic E-state index is 0.00752. The molecule has 0 aliphatic carbocycles. The molecule has 1 unspecified atom stereocenters. The summed E-state index contributed by atoms with van der Waals surface area (Å²) in [6, 6.07) is 0.407. The molecule has 78 valence electrons. The maximum absolute atomic E-state index is 6.21. The molecule has 0 spiro atoms. The molecule has 0 amide bonds. The first-order chi connectivity index (χ1) is 6.05. The number of hydrogen-bond acceptors (Lipinski definition) is 3. The zero-order valence-electron chi connectivity index (χ0n) is 8.73. The molecule has 1 saturated heterocycles. The molecule has 1 aliphatic heterocycles. The highest BCUT2D eigenvalue weighted by molar-refractivity contribution is 6.13. The molecule has 1 atom stereocenters. The minimum atomic E-state index is 0.00752. The lowest BCUT2D eigenvalue weighted by molar-refractivity contribution is 0.189. The van der Waals surface area contributed by atoms with Crippen LogP contribution in [0.15, 0.2) is 0 Å². The van der Waals surface area contributed by atoms with Crippen molar-refractivity contribution >= 4 is 11.8 Å². The molecule has 0 aromatic carbocycles. The second-order valence-corrected chi connectivity index (χ2v) is 4.57. The summed E-state index contributed by atoms with van der Waals surface area (Å²) in [6.07, 6.45) is 0. The van der Waals surface area contributed by atoms with E-state index in [1.165, 1.54) is 0 Å². The molecular weight excluding hydrogens is 186 g/mol. The molecule has 4 heteroatoms. The largest absolute Gasteiger partial charge is 0.314 e. The minimum Gasteiger partial charge on any atom is -0.314 e. The van der Waals surface area contributed by atoms with Crippen LogP contribution in [0.2, 0.25) is 0 Å². The fourth-order valence-corrected chi connectivity index (χ4v) is 1.66. The van der Waals surface area contributed by atoms with Crippen LogP contribution >= 0.6 is 11.8 Å². The molecule has 0 saturated carbocycles. The summed E-state index contributed by atoms with van der Waals surface area (Å²) in [5.41, 5.74) is 0.00752. The van der Waals surface area contributed by atoms with Crippen molar-refractivity contribution in [2.24, 2.45) is 0 Å². The Labute approximate surface area is 85.9 Å². The Bertz CT molecular complexity index is 145. The van der Waals surface area contributed by atoms with Crippen LogP contribution in [-0.4, -0.2) is 42.2 Å². The third-order valence-electron chi connectivity index (χ3n) is 2.92. The Balaban J connectivity index is 2.63. The molecule has 1 aliphatic rings.